The molecule has 10 heteroatoms. The quantitative estimate of drug-likeness (QED) is 0.549. The number of hydrogen-bond acceptors (Lipinski definition) is 7. The number of anilines is 1. The Hall–Kier alpha value is -2.93. The van der Waals surface area contributed by atoms with Crippen molar-refractivity contribution in [1.29, 1.82) is 0 Å². The fourth-order valence-electron chi connectivity index (χ4n) is 4.43. The molecule has 2 unspecified atom stereocenters. The first-order valence-corrected chi connectivity index (χ1v) is 10.8. The highest BCUT2D eigenvalue weighted by molar-refractivity contribution is 6.33. The Kier molecular flexibility index (Phi) is 5.95. The molecule has 32 heavy (non-hydrogen) atoms. The first kappa shape index (κ1) is 22.3. The molecule has 1 aliphatic rings. The summed E-state index contributed by atoms with van der Waals surface area (Å²) in [4.78, 5) is 14.4. The molecular formula is C22H26ClN7O2. The molecule has 9 nitrogen and oxygen atoms in total. The molecule has 168 valence electrons. The van der Waals surface area contributed by atoms with E-state index in [1.54, 1.807) is 17.9 Å². The highest BCUT2D eigenvalue weighted by Gasteiger charge is 2.37. The number of methoxy groups -OCH3 is 1. The van der Waals surface area contributed by atoms with Gasteiger partial charge in [0.2, 0.25) is 5.69 Å². The molecule has 0 saturated carbocycles. The number of nitrogens with two attached hydrogens (primary N) is 1. The van der Waals surface area contributed by atoms with E-state index >= 15 is 0 Å². The van der Waals surface area contributed by atoms with Gasteiger partial charge in [0.1, 0.15) is 17.9 Å². The maximum absolute atomic E-state index is 9.46. The molecule has 2 atom stereocenters. The third kappa shape index (κ3) is 3.45. The van der Waals surface area contributed by atoms with E-state index in [1.165, 1.54) is 6.33 Å². The number of hydrogen-bond donors (Lipinski definition) is 2. The molecule has 0 spiro atoms. The van der Waals surface area contributed by atoms with Crippen LogP contribution in [-0.2, 0) is 0 Å². The summed E-state index contributed by atoms with van der Waals surface area (Å²) in [6.07, 6.45) is 1.42. The summed E-state index contributed by atoms with van der Waals surface area (Å²) in [6.45, 7) is 15.1. The number of halogens is 1. The lowest BCUT2D eigenvalue weighted by molar-refractivity contribution is 0.0624. The van der Waals surface area contributed by atoms with Crippen molar-refractivity contribution in [2.45, 2.75) is 38.8 Å². The minimum absolute atomic E-state index is 0.0646. The number of nitrogens with zero attached hydrogens (tertiary/aromatic N) is 6. The van der Waals surface area contributed by atoms with Gasteiger partial charge in [0.25, 0.3) is 0 Å². The molecule has 3 N–H and O–H groups in total. The standard InChI is InChI=1S/C22H26ClN7O2/c1-11(9-31)29-7-14(8-29)18-19(25-4)16(23)6-15(20(18)32-5)13(3)30-22-17(12(2)28-30)21(24)26-10-27-22/h6,10-11,13-14,31H,7-9H2,1-3,5H3,(H2,24,26,27). The van der Waals surface area contributed by atoms with E-state index in [0.717, 1.165) is 35.3 Å². The monoisotopic (exact) mass is 455 g/mol. The number of likely N-dealkylation sites (tertiary alicyclic amines) is 1. The van der Waals surface area contributed by atoms with Crippen LogP contribution in [0.4, 0.5) is 11.5 Å². The van der Waals surface area contributed by atoms with Crippen molar-refractivity contribution in [2.24, 2.45) is 0 Å². The van der Waals surface area contributed by atoms with Crippen molar-refractivity contribution in [3.05, 3.63) is 45.7 Å². The highest BCUT2D eigenvalue weighted by Crippen LogP contribution is 2.48. The number of fused-ring (bicyclic) bond motifs is 1. The van der Waals surface area contributed by atoms with Crippen LogP contribution in [0.25, 0.3) is 15.9 Å². The van der Waals surface area contributed by atoms with E-state index in [-0.39, 0.29) is 24.6 Å². The summed E-state index contributed by atoms with van der Waals surface area (Å²) in [5.74, 6) is 1.10. The summed E-state index contributed by atoms with van der Waals surface area (Å²) in [5.41, 5.74) is 9.46. The van der Waals surface area contributed by atoms with Crippen molar-refractivity contribution in [2.75, 3.05) is 32.5 Å². The minimum atomic E-state index is -0.279. The Morgan fingerprint density at radius 3 is 2.72 bits per heavy atom. The second-order valence-corrected chi connectivity index (χ2v) is 8.61. The lowest BCUT2D eigenvalue weighted by Gasteiger charge is -2.44. The predicted molar refractivity (Wildman–Crippen MR) is 123 cm³/mol. The Bertz CT molecular complexity index is 1210. The van der Waals surface area contributed by atoms with Crippen LogP contribution in [0.2, 0.25) is 5.02 Å². The molecule has 3 aromatic rings. The Morgan fingerprint density at radius 1 is 1.38 bits per heavy atom. The van der Waals surface area contributed by atoms with Gasteiger partial charge in [-0.2, -0.15) is 5.10 Å². The number of ether oxygens (including phenoxy) is 1. The van der Waals surface area contributed by atoms with Crippen molar-refractivity contribution >= 4 is 34.1 Å². The zero-order valence-corrected chi connectivity index (χ0v) is 19.3. The molecule has 0 bridgehead atoms. The molecule has 1 aliphatic heterocycles. The summed E-state index contributed by atoms with van der Waals surface area (Å²) < 4.78 is 7.66. The van der Waals surface area contributed by atoms with Gasteiger partial charge < -0.3 is 15.6 Å². The molecule has 2 aromatic heterocycles. The molecule has 0 amide bonds. The Balaban J connectivity index is 1.83. The van der Waals surface area contributed by atoms with Gasteiger partial charge in [0.05, 0.1) is 37.4 Å². The van der Waals surface area contributed by atoms with Crippen molar-refractivity contribution in [3.63, 3.8) is 0 Å². The van der Waals surface area contributed by atoms with Crippen LogP contribution in [-0.4, -0.2) is 62.6 Å². The second kappa shape index (κ2) is 8.54. The molecule has 1 aromatic carbocycles. The fourth-order valence-corrected chi connectivity index (χ4v) is 4.70. The Labute approximate surface area is 191 Å². The summed E-state index contributed by atoms with van der Waals surface area (Å²) in [5, 5.41) is 15.2. The summed E-state index contributed by atoms with van der Waals surface area (Å²) >= 11 is 6.60. The Morgan fingerprint density at radius 2 is 2.09 bits per heavy atom. The van der Waals surface area contributed by atoms with Crippen LogP contribution in [0.15, 0.2) is 12.4 Å². The van der Waals surface area contributed by atoms with Crippen LogP contribution in [0.5, 0.6) is 5.75 Å². The van der Waals surface area contributed by atoms with E-state index in [9.17, 15) is 5.11 Å². The minimum Gasteiger partial charge on any atom is -0.497 e. The van der Waals surface area contributed by atoms with Gasteiger partial charge in [-0.05, 0) is 26.8 Å². The van der Waals surface area contributed by atoms with Crippen molar-refractivity contribution in [3.8, 4) is 5.75 Å². The average Bonchev–Trinajstić information content (AvgIpc) is 3.09. The largest absolute Gasteiger partial charge is 0.497 e. The molecule has 3 heterocycles. The number of aliphatic hydroxyl groups excluding tert-OH is 1. The fraction of sp³-hybridized carbons (Fsp3) is 0.455. The number of aliphatic hydroxyl groups is 1. The van der Waals surface area contributed by atoms with Crippen LogP contribution >= 0.6 is 11.6 Å². The number of nitrogen functional groups attached to an aromatic ring is 1. The van der Waals surface area contributed by atoms with Gasteiger partial charge in [-0.15, -0.1) is 0 Å². The SMILES string of the molecule is [C-]#[N+]c1c(Cl)cc(C(C)n2nc(C)c3c(N)ncnc32)c(OC)c1C1CN(C(C)CO)C1. The van der Waals surface area contributed by atoms with E-state index in [2.05, 4.69) is 24.8 Å². The maximum atomic E-state index is 9.46. The van der Waals surface area contributed by atoms with E-state index in [0.29, 0.717) is 27.9 Å². The third-order valence-electron chi connectivity index (χ3n) is 6.30. The summed E-state index contributed by atoms with van der Waals surface area (Å²) in [6, 6.07) is 1.57. The molecule has 4 rings (SSSR count). The zero-order valence-electron chi connectivity index (χ0n) is 18.5. The molecule has 1 fully saturated rings. The molecule has 0 radical (unpaired) electrons. The first-order chi connectivity index (χ1) is 15.3. The molecule has 0 aliphatic carbocycles. The van der Waals surface area contributed by atoms with E-state index in [1.807, 2.05) is 20.8 Å². The second-order valence-electron chi connectivity index (χ2n) is 8.20. The lowest BCUT2D eigenvalue weighted by Crippen LogP contribution is -2.51. The number of rotatable bonds is 6. The molecule has 1 saturated heterocycles. The maximum Gasteiger partial charge on any atom is 0.212 e. The average molecular weight is 456 g/mol. The van der Waals surface area contributed by atoms with Gasteiger partial charge >= 0.3 is 0 Å². The third-order valence-corrected chi connectivity index (χ3v) is 6.59. The first-order valence-electron chi connectivity index (χ1n) is 10.4. The van der Waals surface area contributed by atoms with E-state index in [4.69, 9.17) is 28.6 Å². The van der Waals surface area contributed by atoms with Gasteiger partial charge in [0.15, 0.2) is 5.65 Å². The van der Waals surface area contributed by atoms with Gasteiger partial charge in [-0.25, -0.2) is 19.5 Å². The van der Waals surface area contributed by atoms with Crippen molar-refractivity contribution < 1.29 is 9.84 Å². The van der Waals surface area contributed by atoms with Gasteiger partial charge in [-0.1, -0.05) is 11.6 Å². The van der Waals surface area contributed by atoms with Crippen molar-refractivity contribution in [1.82, 2.24) is 24.6 Å². The smallest absolute Gasteiger partial charge is 0.212 e. The van der Waals surface area contributed by atoms with Gasteiger partial charge in [-0.3, -0.25) is 4.90 Å². The number of benzene rings is 1. The topological polar surface area (TPSA) is 107 Å². The predicted octanol–water partition coefficient (Wildman–Crippen LogP) is 3.32. The van der Waals surface area contributed by atoms with Crippen LogP contribution in [0.3, 0.4) is 0 Å². The van der Waals surface area contributed by atoms with Crippen LogP contribution < -0.4 is 10.5 Å². The number of aryl methyl sites for hydroxylation is 1. The summed E-state index contributed by atoms with van der Waals surface area (Å²) in [7, 11) is 1.61. The normalized spacial score (nSPS) is 16.5. The van der Waals surface area contributed by atoms with E-state index < -0.39 is 0 Å². The highest BCUT2D eigenvalue weighted by atomic mass is 35.5. The zero-order chi connectivity index (χ0) is 23.2. The van der Waals surface area contributed by atoms with Crippen LogP contribution in [0.1, 0.15) is 42.6 Å². The molecular weight excluding hydrogens is 430 g/mol. The lowest BCUT2D eigenvalue weighted by atomic mass is 9.86. The van der Waals surface area contributed by atoms with Crippen LogP contribution in [0, 0.1) is 13.5 Å². The number of aromatic nitrogens is 4. The van der Waals surface area contributed by atoms with Gasteiger partial charge in [0, 0.05) is 41.2 Å².